The predicted octanol–water partition coefficient (Wildman–Crippen LogP) is 3.75. The molecule has 1 aliphatic rings. The molecule has 21 heavy (non-hydrogen) atoms. The summed E-state index contributed by atoms with van der Waals surface area (Å²) in [5, 5.41) is 7.53. The molecule has 2 atom stereocenters. The van der Waals surface area contributed by atoms with Crippen LogP contribution in [-0.4, -0.2) is 23.8 Å². The number of rotatable bonds is 4. The van der Waals surface area contributed by atoms with Crippen molar-refractivity contribution in [2.45, 2.75) is 51.4 Å². The Balaban J connectivity index is 1.75. The summed E-state index contributed by atoms with van der Waals surface area (Å²) in [5.41, 5.74) is 0.475. The minimum absolute atomic E-state index is 0.109. The largest absolute Gasteiger partial charge is 0.444 e. The molecule has 1 fully saturated rings. The molecule has 0 radical (unpaired) electrons. The lowest BCUT2D eigenvalue weighted by Gasteiger charge is -2.19. The molecular weight excluding hydrogens is 311 g/mol. The van der Waals surface area contributed by atoms with Gasteiger partial charge in [0.25, 0.3) is 0 Å². The number of benzene rings is 1. The number of ether oxygens (including phenoxy) is 1. The van der Waals surface area contributed by atoms with E-state index in [4.69, 9.17) is 27.9 Å². The Morgan fingerprint density at radius 3 is 2.71 bits per heavy atom. The third kappa shape index (κ3) is 5.38. The van der Waals surface area contributed by atoms with E-state index in [0.29, 0.717) is 16.6 Å². The molecule has 1 aromatic carbocycles. The topological polar surface area (TPSA) is 50.4 Å². The average Bonchev–Trinajstić information content (AvgIpc) is 3.06. The molecule has 0 saturated heterocycles. The number of nitrogens with one attached hydrogen (secondary N) is 2. The molecule has 0 bridgehead atoms. The fourth-order valence-corrected chi connectivity index (χ4v) is 2.34. The molecule has 1 aromatic rings. The maximum absolute atomic E-state index is 11.6. The molecule has 0 aromatic heterocycles. The van der Waals surface area contributed by atoms with Crippen molar-refractivity contribution in [1.82, 2.24) is 10.6 Å². The summed E-state index contributed by atoms with van der Waals surface area (Å²) < 4.78 is 5.22. The highest BCUT2D eigenvalue weighted by atomic mass is 35.5. The van der Waals surface area contributed by atoms with Gasteiger partial charge >= 0.3 is 6.09 Å². The Morgan fingerprint density at radius 1 is 1.33 bits per heavy atom. The fraction of sp³-hybridized carbons (Fsp3) is 0.533. The van der Waals surface area contributed by atoms with Gasteiger partial charge in [0.05, 0.1) is 0 Å². The summed E-state index contributed by atoms with van der Waals surface area (Å²) in [6.45, 7) is 6.15. The van der Waals surface area contributed by atoms with Crippen molar-refractivity contribution < 1.29 is 9.53 Å². The van der Waals surface area contributed by atoms with Gasteiger partial charge in [0, 0.05) is 28.7 Å². The smallest absolute Gasteiger partial charge is 0.407 e. The normalized spacial score (nSPS) is 21.0. The highest BCUT2D eigenvalue weighted by Crippen LogP contribution is 2.25. The molecule has 1 aliphatic carbocycles. The Labute approximate surface area is 135 Å². The van der Waals surface area contributed by atoms with E-state index >= 15 is 0 Å². The van der Waals surface area contributed by atoms with Crippen LogP contribution in [0, 0.1) is 0 Å². The average molecular weight is 331 g/mol. The molecule has 1 amide bonds. The van der Waals surface area contributed by atoms with Crippen LogP contribution in [0.2, 0.25) is 10.0 Å². The summed E-state index contributed by atoms with van der Waals surface area (Å²) in [7, 11) is 0. The first-order chi connectivity index (χ1) is 9.74. The van der Waals surface area contributed by atoms with Crippen LogP contribution in [-0.2, 0) is 11.3 Å². The standard InChI is InChI=1S/C15H20Cl2N2O2/c1-15(2,3)21-14(20)19-13-7-12(13)18-8-9-6-10(16)4-5-11(9)17/h4-6,12-13,18H,7-8H2,1-3H3,(H,19,20). The van der Waals surface area contributed by atoms with Crippen molar-refractivity contribution in [3.8, 4) is 0 Å². The second-order valence-corrected chi connectivity index (χ2v) is 7.06. The van der Waals surface area contributed by atoms with E-state index in [-0.39, 0.29) is 18.2 Å². The summed E-state index contributed by atoms with van der Waals surface area (Å²) in [5.74, 6) is 0. The van der Waals surface area contributed by atoms with Crippen LogP contribution < -0.4 is 10.6 Å². The molecular formula is C15H20Cl2N2O2. The van der Waals surface area contributed by atoms with Crippen molar-refractivity contribution in [3.05, 3.63) is 33.8 Å². The second kappa shape index (κ2) is 6.42. The Hall–Kier alpha value is -0.970. The lowest BCUT2D eigenvalue weighted by atomic mass is 10.2. The second-order valence-electron chi connectivity index (χ2n) is 6.21. The van der Waals surface area contributed by atoms with Crippen LogP contribution in [0.3, 0.4) is 0 Å². The molecule has 2 rings (SSSR count). The van der Waals surface area contributed by atoms with E-state index in [1.54, 1.807) is 12.1 Å². The molecule has 2 unspecified atom stereocenters. The van der Waals surface area contributed by atoms with E-state index < -0.39 is 5.60 Å². The van der Waals surface area contributed by atoms with E-state index in [0.717, 1.165) is 12.0 Å². The van der Waals surface area contributed by atoms with Gasteiger partial charge in [-0.2, -0.15) is 0 Å². The van der Waals surface area contributed by atoms with Crippen LogP contribution in [0.15, 0.2) is 18.2 Å². The molecule has 0 aliphatic heterocycles. The molecule has 0 heterocycles. The number of carbonyl (C=O) groups is 1. The zero-order chi connectivity index (χ0) is 15.6. The van der Waals surface area contributed by atoms with Gasteiger partial charge in [-0.05, 0) is 51.0 Å². The number of alkyl carbamates (subject to hydrolysis) is 1. The van der Waals surface area contributed by atoms with Gasteiger partial charge in [0.2, 0.25) is 0 Å². The van der Waals surface area contributed by atoms with Crippen LogP contribution in [0.1, 0.15) is 32.8 Å². The van der Waals surface area contributed by atoms with Gasteiger partial charge < -0.3 is 15.4 Å². The van der Waals surface area contributed by atoms with Crippen LogP contribution in [0.4, 0.5) is 4.79 Å². The summed E-state index contributed by atoms with van der Waals surface area (Å²) in [6, 6.07) is 5.74. The van der Waals surface area contributed by atoms with Crippen molar-refractivity contribution in [1.29, 1.82) is 0 Å². The first-order valence-corrected chi connectivity index (χ1v) is 7.67. The van der Waals surface area contributed by atoms with Crippen LogP contribution in [0.25, 0.3) is 0 Å². The minimum Gasteiger partial charge on any atom is -0.444 e. The SMILES string of the molecule is CC(C)(C)OC(=O)NC1CC1NCc1cc(Cl)ccc1Cl. The first-order valence-electron chi connectivity index (χ1n) is 6.91. The lowest BCUT2D eigenvalue weighted by molar-refractivity contribution is 0.0522. The van der Waals surface area contributed by atoms with Gasteiger partial charge in [-0.3, -0.25) is 0 Å². The van der Waals surface area contributed by atoms with E-state index in [9.17, 15) is 4.79 Å². The Bertz CT molecular complexity index is 529. The molecule has 116 valence electrons. The van der Waals surface area contributed by atoms with Gasteiger partial charge in [-0.25, -0.2) is 4.79 Å². The monoisotopic (exact) mass is 330 g/mol. The van der Waals surface area contributed by atoms with Gasteiger partial charge in [0.1, 0.15) is 5.60 Å². The van der Waals surface area contributed by atoms with E-state index in [1.807, 2.05) is 26.8 Å². The van der Waals surface area contributed by atoms with Crippen LogP contribution >= 0.6 is 23.2 Å². The van der Waals surface area contributed by atoms with Gasteiger partial charge in [0.15, 0.2) is 0 Å². The summed E-state index contributed by atoms with van der Waals surface area (Å²) in [4.78, 5) is 11.6. The maximum Gasteiger partial charge on any atom is 0.407 e. The van der Waals surface area contributed by atoms with Crippen molar-refractivity contribution >= 4 is 29.3 Å². The maximum atomic E-state index is 11.6. The van der Waals surface area contributed by atoms with Crippen molar-refractivity contribution in [3.63, 3.8) is 0 Å². The number of hydrogen-bond acceptors (Lipinski definition) is 3. The molecule has 0 spiro atoms. The van der Waals surface area contributed by atoms with Gasteiger partial charge in [-0.1, -0.05) is 23.2 Å². The number of halogens is 2. The van der Waals surface area contributed by atoms with E-state index in [1.165, 1.54) is 0 Å². The predicted molar refractivity (Wildman–Crippen MR) is 84.9 cm³/mol. The van der Waals surface area contributed by atoms with Gasteiger partial charge in [-0.15, -0.1) is 0 Å². The number of carbonyl (C=O) groups excluding carboxylic acids is 1. The molecule has 2 N–H and O–H groups in total. The quantitative estimate of drug-likeness (QED) is 0.883. The molecule has 6 heteroatoms. The zero-order valence-electron chi connectivity index (χ0n) is 12.4. The zero-order valence-corrected chi connectivity index (χ0v) is 13.9. The molecule has 4 nitrogen and oxygen atoms in total. The fourth-order valence-electron chi connectivity index (χ4n) is 1.96. The Morgan fingerprint density at radius 2 is 2.05 bits per heavy atom. The lowest BCUT2D eigenvalue weighted by Crippen LogP contribution is -2.36. The summed E-state index contributed by atoms with van der Waals surface area (Å²) in [6.07, 6.45) is 0.509. The van der Waals surface area contributed by atoms with Crippen molar-refractivity contribution in [2.24, 2.45) is 0 Å². The number of amides is 1. The number of hydrogen-bond donors (Lipinski definition) is 2. The third-order valence-electron chi connectivity index (χ3n) is 3.06. The Kier molecular flexibility index (Phi) is 5.02. The third-order valence-corrected chi connectivity index (χ3v) is 3.66. The van der Waals surface area contributed by atoms with Crippen molar-refractivity contribution in [2.75, 3.05) is 0 Å². The van der Waals surface area contributed by atoms with Crippen LogP contribution in [0.5, 0.6) is 0 Å². The minimum atomic E-state index is -0.476. The highest BCUT2D eigenvalue weighted by molar-refractivity contribution is 6.33. The summed E-state index contributed by atoms with van der Waals surface area (Å²) >= 11 is 12.1. The highest BCUT2D eigenvalue weighted by Gasteiger charge is 2.38. The first kappa shape index (κ1) is 16.4. The van der Waals surface area contributed by atoms with E-state index in [2.05, 4.69) is 10.6 Å². The molecule has 1 saturated carbocycles.